The van der Waals surface area contributed by atoms with Gasteiger partial charge in [-0.2, -0.15) is 0 Å². The Morgan fingerprint density at radius 3 is 1.82 bits per heavy atom. The second-order valence-electron chi connectivity index (χ2n) is 5.77. The molecular weight excluding hydrogens is 212 g/mol. The molecule has 2 nitrogen and oxygen atoms in total. The van der Waals surface area contributed by atoms with Crippen molar-refractivity contribution in [2.45, 2.75) is 77.6 Å². The Bertz CT molecular complexity index is 213. The number of carboxylic acids is 1. The van der Waals surface area contributed by atoms with Crippen molar-refractivity contribution in [3.8, 4) is 0 Å². The molecule has 100 valence electrons. The highest BCUT2D eigenvalue weighted by Gasteiger charge is 2.16. The number of carboxylic acid groups (broad SMARTS) is 1. The molecule has 1 rings (SSSR count). The van der Waals surface area contributed by atoms with Crippen molar-refractivity contribution < 1.29 is 9.90 Å². The zero-order valence-corrected chi connectivity index (χ0v) is 11.3. The highest BCUT2D eigenvalue weighted by atomic mass is 16.4. The van der Waals surface area contributed by atoms with Crippen LogP contribution in [0, 0.1) is 11.8 Å². The fourth-order valence-electron chi connectivity index (χ4n) is 2.83. The highest BCUT2D eigenvalue weighted by molar-refractivity contribution is 5.69. The van der Waals surface area contributed by atoms with Crippen molar-refractivity contribution >= 4 is 5.97 Å². The fraction of sp³-hybridized carbons (Fsp3) is 0.933. The van der Waals surface area contributed by atoms with Gasteiger partial charge in [0.15, 0.2) is 0 Å². The Hall–Kier alpha value is -0.530. The van der Waals surface area contributed by atoms with Crippen LogP contribution in [0.2, 0.25) is 0 Å². The molecular formula is C15H28O2. The van der Waals surface area contributed by atoms with Crippen molar-refractivity contribution in [3.05, 3.63) is 0 Å². The van der Waals surface area contributed by atoms with Crippen molar-refractivity contribution in [1.82, 2.24) is 0 Å². The van der Waals surface area contributed by atoms with Crippen LogP contribution in [0.4, 0.5) is 0 Å². The van der Waals surface area contributed by atoms with E-state index >= 15 is 0 Å². The van der Waals surface area contributed by atoms with E-state index in [4.69, 9.17) is 5.11 Å². The monoisotopic (exact) mass is 240 g/mol. The molecule has 0 aromatic carbocycles. The van der Waals surface area contributed by atoms with E-state index in [0.29, 0.717) is 0 Å². The molecule has 1 fully saturated rings. The van der Waals surface area contributed by atoms with Gasteiger partial charge < -0.3 is 5.11 Å². The van der Waals surface area contributed by atoms with Crippen LogP contribution in [0.25, 0.3) is 0 Å². The molecule has 17 heavy (non-hydrogen) atoms. The standard InChI is InChI=1S/C15H28O2/c1-13-9-5-3-2-4-6-11-14(15(16)17)12-8-7-10-13/h13-14H,2-12H2,1H3,(H,16,17). The second kappa shape index (κ2) is 8.54. The maximum Gasteiger partial charge on any atom is 0.306 e. The molecule has 0 bridgehead atoms. The summed E-state index contributed by atoms with van der Waals surface area (Å²) in [5.74, 6) is 0.179. The summed E-state index contributed by atoms with van der Waals surface area (Å²) in [6.45, 7) is 2.34. The number of rotatable bonds is 1. The van der Waals surface area contributed by atoms with Gasteiger partial charge in [-0.3, -0.25) is 4.79 Å². The Labute approximate surface area is 106 Å². The van der Waals surface area contributed by atoms with Gasteiger partial charge in [0.05, 0.1) is 5.92 Å². The van der Waals surface area contributed by atoms with Crippen molar-refractivity contribution in [2.75, 3.05) is 0 Å². The molecule has 0 heterocycles. The highest BCUT2D eigenvalue weighted by Crippen LogP contribution is 2.23. The lowest BCUT2D eigenvalue weighted by Crippen LogP contribution is -2.13. The molecule has 1 saturated carbocycles. The van der Waals surface area contributed by atoms with E-state index in [1.165, 1.54) is 44.9 Å². The molecule has 2 atom stereocenters. The third-order valence-electron chi connectivity index (χ3n) is 4.10. The molecule has 0 saturated heterocycles. The molecule has 1 aliphatic carbocycles. The minimum Gasteiger partial charge on any atom is -0.481 e. The van der Waals surface area contributed by atoms with E-state index in [1.807, 2.05) is 0 Å². The number of aliphatic carboxylic acids is 1. The molecule has 1 aliphatic rings. The molecule has 0 spiro atoms. The van der Waals surface area contributed by atoms with Gasteiger partial charge in [-0.25, -0.2) is 0 Å². The molecule has 0 amide bonds. The fourth-order valence-corrected chi connectivity index (χ4v) is 2.83. The molecule has 2 heteroatoms. The first kappa shape index (κ1) is 14.5. The predicted molar refractivity (Wildman–Crippen MR) is 71.1 cm³/mol. The molecule has 1 N–H and O–H groups in total. The van der Waals surface area contributed by atoms with E-state index in [1.54, 1.807) is 0 Å². The van der Waals surface area contributed by atoms with Gasteiger partial charge in [0, 0.05) is 0 Å². The topological polar surface area (TPSA) is 37.3 Å². The van der Waals surface area contributed by atoms with Gasteiger partial charge in [-0.1, -0.05) is 64.7 Å². The average molecular weight is 240 g/mol. The summed E-state index contributed by atoms with van der Waals surface area (Å²) >= 11 is 0. The van der Waals surface area contributed by atoms with E-state index in [-0.39, 0.29) is 5.92 Å². The second-order valence-corrected chi connectivity index (χ2v) is 5.77. The van der Waals surface area contributed by atoms with Gasteiger partial charge in [0.2, 0.25) is 0 Å². The minimum absolute atomic E-state index is 0.0777. The molecule has 0 aliphatic heterocycles. The van der Waals surface area contributed by atoms with Gasteiger partial charge in [0.25, 0.3) is 0 Å². The lowest BCUT2D eigenvalue weighted by atomic mass is 9.93. The Balaban J connectivity index is 2.35. The summed E-state index contributed by atoms with van der Waals surface area (Å²) in [7, 11) is 0. The lowest BCUT2D eigenvalue weighted by molar-refractivity contribution is -0.142. The van der Waals surface area contributed by atoms with E-state index in [0.717, 1.165) is 31.6 Å². The van der Waals surface area contributed by atoms with Crippen LogP contribution >= 0.6 is 0 Å². The van der Waals surface area contributed by atoms with Gasteiger partial charge in [-0.15, -0.1) is 0 Å². The third-order valence-corrected chi connectivity index (χ3v) is 4.10. The lowest BCUT2D eigenvalue weighted by Gasteiger charge is -2.12. The van der Waals surface area contributed by atoms with Gasteiger partial charge >= 0.3 is 5.97 Å². The maximum atomic E-state index is 11.1. The normalized spacial score (nSPS) is 29.7. The van der Waals surface area contributed by atoms with Crippen molar-refractivity contribution in [2.24, 2.45) is 11.8 Å². The first-order valence-corrected chi connectivity index (χ1v) is 7.43. The van der Waals surface area contributed by atoms with Crippen LogP contribution < -0.4 is 0 Å². The SMILES string of the molecule is CC1CCCCCCCC(C(=O)O)CCCC1. The zero-order chi connectivity index (χ0) is 12.5. The van der Waals surface area contributed by atoms with Crippen LogP contribution in [-0.2, 0) is 4.79 Å². The van der Waals surface area contributed by atoms with Crippen LogP contribution in [0.1, 0.15) is 77.6 Å². The number of hydrogen-bond acceptors (Lipinski definition) is 1. The zero-order valence-electron chi connectivity index (χ0n) is 11.3. The minimum atomic E-state index is -0.576. The van der Waals surface area contributed by atoms with E-state index in [2.05, 4.69) is 6.92 Å². The molecule has 0 aromatic rings. The first-order valence-electron chi connectivity index (χ1n) is 7.43. The van der Waals surface area contributed by atoms with Crippen LogP contribution in [0.15, 0.2) is 0 Å². The van der Waals surface area contributed by atoms with Crippen molar-refractivity contribution in [3.63, 3.8) is 0 Å². The van der Waals surface area contributed by atoms with Gasteiger partial charge in [0.1, 0.15) is 0 Å². The summed E-state index contributed by atoms with van der Waals surface area (Å²) in [5, 5.41) is 9.15. The van der Waals surface area contributed by atoms with E-state index < -0.39 is 5.97 Å². The predicted octanol–water partition coefficient (Wildman–Crippen LogP) is 4.63. The molecule has 0 aromatic heterocycles. The van der Waals surface area contributed by atoms with E-state index in [9.17, 15) is 4.79 Å². The Morgan fingerprint density at radius 2 is 1.24 bits per heavy atom. The van der Waals surface area contributed by atoms with Gasteiger partial charge in [-0.05, 0) is 18.8 Å². The first-order chi connectivity index (χ1) is 8.20. The van der Waals surface area contributed by atoms with Crippen LogP contribution in [0.5, 0.6) is 0 Å². The summed E-state index contributed by atoms with van der Waals surface area (Å²) in [6.07, 6.45) is 13.1. The average Bonchev–Trinajstić information content (AvgIpc) is 2.30. The summed E-state index contributed by atoms with van der Waals surface area (Å²) in [6, 6.07) is 0. The third kappa shape index (κ3) is 6.70. The quantitative estimate of drug-likeness (QED) is 0.725. The van der Waals surface area contributed by atoms with Crippen molar-refractivity contribution in [1.29, 1.82) is 0 Å². The summed E-state index contributed by atoms with van der Waals surface area (Å²) in [4.78, 5) is 11.1. The largest absolute Gasteiger partial charge is 0.481 e. The maximum absolute atomic E-state index is 11.1. The summed E-state index contributed by atoms with van der Waals surface area (Å²) in [5.41, 5.74) is 0. The number of hydrogen-bond donors (Lipinski definition) is 1. The van der Waals surface area contributed by atoms with Crippen LogP contribution in [0.3, 0.4) is 0 Å². The molecule has 0 radical (unpaired) electrons. The molecule has 2 unspecified atom stereocenters. The number of carbonyl (C=O) groups is 1. The Kier molecular flexibility index (Phi) is 7.30. The smallest absolute Gasteiger partial charge is 0.306 e. The Morgan fingerprint density at radius 1 is 0.824 bits per heavy atom. The summed E-state index contributed by atoms with van der Waals surface area (Å²) < 4.78 is 0. The van der Waals surface area contributed by atoms with Crippen LogP contribution in [-0.4, -0.2) is 11.1 Å².